The molecule has 4 rings (SSSR count). The summed E-state index contributed by atoms with van der Waals surface area (Å²) in [6.45, 7) is 0.101. The van der Waals surface area contributed by atoms with Gasteiger partial charge in [0.1, 0.15) is 5.75 Å². The highest BCUT2D eigenvalue weighted by Gasteiger charge is 2.32. The van der Waals surface area contributed by atoms with E-state index in [4.69, 9.17) is 10.00 Å². The van der Waals surface area contributed by atoms with Crippen LogP contribution in [0.5, 0.6) is 5.75 Å². The molecule has 1 N–H and O–H groups in total. The van der Waals surface area contributed by atoms with Gasteiger partial charge in [-0.05, 0) is 47.5 Å². The molecule has 3 aromatic carbocycles. The average Bonchev–Trinajstić information content (AvgIpc) is 3.29. The van der Waals surface area contributed by atoms with Gasteiger partial charge in [-0.3, -0.25) is 4.79 Å². The number of nitriles is 1. The van der Waals surface area contributed by atoms with E-state index < -0.39 is 0 Å². The molecule has 0 aliphatic carbocycles. The zero-order chi connectivity index (χ0) is 21.6. The zero-order valence-corrected chi connectivity index (χ0v) is 17.2. The van der Waals surface area contributed by atoms with E-state index in [1.165, 1.54) is 0 Å². The van der Waals surface area contributed by atoms with Gasteiger partial charge in [0, 0.05) is 12.1 Å². The summed E-state index contributed by atoms with van der Waals surface area (Å²) in [6, 6.07) is 26.6. The summed E-state index contributed by atoms with van der Waals surface area (Å²) in [5.74, 6) is 0.641. The standard InChI is InChI=1S/C25H22N4O2/c1-31-22-13-9-20(10-14-22)24-15-23(19-5-3-2-4-6-19)28-29(24)25(30)17-27-21-11-7-18(16-26)8-12-21/h2-14,24,27H,15,17H2,1H3. The van der Waals surface area contributed by atoms with Crippen LogP contribution in [-0.4, -0.2) is 30.3 Å². The molecule has 6 heteroatoms. The number of nitrogens with zero attached hydrogens (tertiary/aromatic N) is 3. The first-order chi connectivity index (χ1) is 15.2. The van der Waals surface area contributed by atoms with E-state index in [0.717, 1.165) is 28.3 Å². The van der Waals surface area contributed by atoms with E-state index in [2.05, 4.69) is 16.5 Å². The highest BCUT2D eigenvalue weighted by molar-refractivity contribution is 6.03. The summed E-state index contributed by atoms with van der Waals surface area (Å²) in [4.78, 5) is 13.1. The fourth-order valence-corrected chi connectivity index (χ4v) is 3.55. The number of nitrogens with one attached hydrogen (secondary N) is 1. The van der Waals surface area contributed by atoms with E-state index >= 15 is 0 Å². The molecule has 0 radical (unpaired) electrons. The zero-order valence-electron chi connectivity index (χ0n) is 17.2. The molecule has 31 heavy (non-hydrogen) atoms. The molecule has 3 aromatic rings. The number of carbonyl (C=O) groups is 1. The lowest BCUT2D eigenvalue weighted by atomic mass is 9.98. The Kier molecular flexibility index (Phi) is 5.95. The fraction of sp³-hybridized carbons (Fsp3) is 0.160. The van der Waals surface area contributed by atoms with Crippen LogP contribution < -0.4 is 10.1 Å². The van der Waals surface area contributed by atoms with Crippen LogP contribution in [-0.2, 0) is 4.79 Å². The van der Waals surface area contributed by atoms with Gasteiger partial charge in [0.05, 0.1) is 37.0 Å². The molecule has 0 spiro atoms. The van der Waals surface area contributed by atoms with Crippen LogP contribution in [0.3, 0.4) is 0 Å². The molecule has 1 aliphatic heterocycles. The van der Waals surface area contributed by atoms with Crippen LogP contribution in [0.2, 0.25) is 0 Å². The molecule has 0 saturated carbocycles. The number of carbonyl (C=O) groups excluding carboxylic acids is 1. The van der Waals surface area contributed by atoms with Crippen molar-refractivity contribution < 1.29 is 9.53 Å². The highest BCUT2D eigenvalue weighted by atomic mass is 16.5. The molecule has 0 fully saturated rings. The summed E-state index contributed by atoms with van der Waals surface area (Å²) in [6.07, 6.45) is 0.638. The van der Waals surface area contributed by atoms with Gasteiger partial charge in [0.2, 0.25) is 0 Å². The van der Waals surface area contributed by atoms with Crippen LogP contribution in [0.15, 0.2) is 84.0 Å². The fourth-order valence-electron chi connectivity index (χ4n) is 3.55. The molecular weight excluding hydrogens is 388 g/mol. The van der Waals surface area contributed by atoms with Crippen molar-refractivity contribution in [2.24, 2.45) is 5.10 Å². The van der Waals surface area contributed by atoms with Crippen molar-refractivity contribution in [2.45, 2.75) is 12.5 Å². The maximum Gasteiger partial charge on any atom is 0.262 e. The minimum absolute atomic E-state index is 0.101. The highest BCUT2D eigenvalue weighted by Crippen LogP contribution is 2.33. The lowest BCUT2D eigenvalue weighted by Gasteiger charge is -2.22. The second kappa shape index (κ2) is 9.14. The van der Waals surface area contributed by atoms with Gasteiger partial charge in [0.15, 0.2) is 0 Å². The SMILES string of the molecule is COc1ccc(C2CC(c3ccccc3)=NN2C(=O)CNc2ccc(C#N)cc2)cc1. The largest absolute Gasteiger partial charge is 0.497 e. The quantitative estimate of drug-likeness (QED) is 0.655. The van der Waals surface area contributed by atoms with E-state index in [0.29, 0.717) is 12.0 Å². The summed E-state index contributed by atoms with van der Waals surface area (Å²) in [7, 11) is 1.63. The van der Waals surface area contributed by atoms with Gasteiger partial charge >= 0.3 is 0 Å². The number of hydrazone groups is 1. The van der Waals surface area contributed by atoms with Crippen molar-refractivity contribution in [2.75, 3.05) is 19.0 Å². The van der Waals surface area contributed by atoms with Crippen molar-refractivity contribution in [3.63, 3.8) is 0 Å². The van der Waals surface area contributed by atoms with Crippen molar-refractivity contribution in [1.29, 1.82) is 5.26 Å². The van der Waals surface area contributed by atoms with Crippen LogP contribution in [0.4, 0.5) is 5.69 Å². The molecular formula is C25H22N4O2. The monoisotopic (exact) mass is 410 g/mol. The lowest BCUT2D eigenvalue weighted by Crippen LogP contribution is -2.32. The number of ether oxygens (including phenoxy) is 1. The van der Waals surface area contributed by atoms with Crippen molar-refractivity contribution >= 4 is 17.3 Å². The Labute approximate surface area is 181 Å². The molecule has 0 bridgehead atoms. The van der Waals surface area contributed by atoms with Crippen LogP contribution in [0.25, 0.3) is 0 Å². The first-order valence-corrected chi connectivity index (χ1v) is 10.0. The Morgan fingerprint density at radius 1 is 1.10 bits per heavy atom. The van der Waals surface area contributed by atoms with Crippen LogP contribution in [0, 0.1) is 11.3 Å². The second-order valence-corrected chi connectivity index (χ2v) is 7.19. The maximum atomic E-state index is 13.1. The lowest BCUT2D eigenvalue weighted by molar-refractivity contribution is -0.131. The third kappa shape index (κ3) is 4.57. The molecule has 0 aromatic heterocycles. The number of benzene rings is 3. The van der Waals surface area contributed by atoms with Gasteiger partial charge in [-0.2, -0.15) is 10.4 Å². The molecule has 1 unspecified atom stereocenters. The summed E-state index contributed by atoms with van der Waals surface area (Å²) >= 11 is 0. The van der Waals surface area contributed by atoms with Crippen LogP contribution >= 0.6 is 0 Å². The summed E-state index contributed by atoms with van der Waals surface area (Å²) < 4.78 is 5.26. The van der Waals surface area contributed by atoms with E-state index in [1.54, 1.807) is 36.4 Å². The van der Waals surface area contributed by atoms with E-state index in [-0.39, 0.29) is 18.5 Å². The van der Waals surface area contributed by atoms with Gasteiger partial charge in [-0.25, -0.2) is 5.01 Å². The van der Waals surface area contributed by atoms with E-state index in [1.807, 2.05) is 54.6 Å². The third-order valence-corrected chi connectivity index (χ3v) is 5.23. The predicted octanol–water partition coefficient (Wildman–Crippen LogP) is 4.36. The molecule has 0 saturated heterocycles. The topological polar surface area (TPSA) is 77.7 Å². The summed E-state index contributed by atoms with van der Waals surface area (Å²) in [5.41, 5.74) is 4.25. The maximum absolute atomic E-state index is 13.1. The molecule has 1 amide bonds. The number of hydrogen-bond donors (Lipinski definition) is 1. The van der Waals surface area contributed by atoms with Gasteiger partial charge < -0.3 is 10.1 Å². The smallest absolute Gasteiger partial charge is 0.262 e. The Balaban J connectivity index is 1.55. The van der Waals surface area contributed by atoms with Crippen molar-refractivity contribution in [3.05, 3.63) is 95.6 Å². The number of methoxy groups -OCH3 is 1. The number of hydrogen-bond acceptors (Lipinski definition) is 5. The predicted molar refractivity (Wildman–Crippen MR) is 120 cm³/mol. The third-order valence-electron chi connectivity index (χ3n) is 5.23. The summed E-state index contributed by atoms with van der Waals surface area (Å²) in [5, 5.41) is 18.3. The molecule has 1 aliphatic rings. The Morgan fingerprint density at radius 2 is 1.81 bits per heavy atom. The molecule has 6 nitrogen and oxygen atoms in total. The molecule has 154 valence electrons. The Bertz CT molecular complexity index is 1120. The molecule has 1 heterocycles. The second-order valence-electron chi connectivity index (χ2n) is 7.19. The van der Waals surface area contributed by atoms with Gasteiger partial charge in [-0.15, -0.1) is 0 Å². The normalized spacial score (nSPS) is 15.2. The van der Waals surface area contributed by atoms with Gasteiger partial charge in [-0.1, -0.05) is 42.5 Å². The first kappa shape index (κ1) is 20.2. The van der Waals surface area contributed by atoms with E-state index in [9.17, 15) is 4.79 Å². The number of amides is 1. The Hall–Kier alpha value is -4.11. The minimum Gasteiger partial charge on any atom is -0.497 e. The van der Waals surface area contributed by atoms with Crippen LogP contribution in [0.1, 0.15) is 29.2 Å². The Morgan fingerprint density at radius 3 is 2.45 bits per heavy atom. The molecule has 1 atom stereocenters. The average molecular weight is 410 g/mol. The first-order valence-electron chi connectivity index (χ1n) is 10.0. The minimum atomic E-state index is -0.184. The van der Waals surface area contributed by atoms with Crippen molar-refractivity contribution in [3.8, 4) is 11.8 Å². The number of rotatable bonds is 6. The van der Waals surface area contributed by atoms with Crippen molar-refractivity contribution in [1.82, 2.24) is 5.01 Å². The van der Waals surface area contributed by atoms with Gasteiger partial charge in [0.25, 0.3) is 5.91 Å². The number of anilines is 1.